The molecule has 0 saturated heterocycles. The number of carbonyl (C=O) groups excluding carboxylic acids is 1. The van der Waals surface area contributed by atoms with Crippen LogP contribution in [-0.4, -0.2) is 17.9 Å². The molecule has 0 radical (unpaired) electrons. The van der Waals surface area contributed by atoms with Gasteiger partial charge in [-0.15, -0.1) is 0 Å². The van der Waals surface area contributed by atoms with Crippen molar-refractivity contribution in [3.63, 3.8) is 0 Å². The monoisotopic (exact) mass is 355 g/mol. The van der Waals surface area contributed by atoms with Crippen LogP contribution < -0.4 is 0 Å². The van der Waals surface area contributed by atoms with Crippen LogP contribution in [0.5, 0.6) is 0 Å². The first-order valence-corrected chi connectivity index (χ1v) is 6.70. The van der Waals surface area contributed by atoms with Gasteiger partial charge in [-0.25, -0.2) is 0 Å². The lowest BCUT2D eigenvalue weighted by molar-refractivity contribution is 0.0775. The Kier molecular flexibility index (Phi) is 4.06. The molecule has 1 aromatic carbocycles. The zero-order valence-electron chi connectivity index (χ0n) is 10.3. The highest BCUT2D eigenvalue weighted by Gasteiger charge is 2.13. The van der Waals surface area contributed by atoms with E-state index in [1.54, 1.807) is 11.9 Å². The van der Waals surface area contributed by atoms with E-state index in [0.29, 0.717) is 12.1 Å². The molecule has 0 saturated carbocycles. The average Bonchev–Trinajstić information content (AvgIpc) is 2.75. The molecule has 3 nitrogen and oxygen atoms in total. The summed E-state index contributed by atoms with van der Waals surface area (Å²) in [5.74, 6) is 1.66. The van der Waals surface area contributed by atoms with Crippen LogP contribution >= 0.6 is 22.6 Å². The number of amides is 1. The third kappa shape index (κ3) is 3.13. The van der Waals surface area contributed by atoms with Crippen LogP contribution in [0.15, 0.2) is 40.8 Å². The van der Waals surface area contributed by atoms with Crippen molar-refractivity contribution >= 4 is 28.5 Å². The van der Waals surface area contributed by atoms with Crippen molar-refractivity contribution in [2.45, 2.75) is 13.5 Å². The number of rotatable bonds is 3. The van der Waals surface area contributed by atoms with E-state index < -0.39 is 0 Å². The van der Waals surface area contributed by atoms with Crippen LogP contribution in [0.25, 0.3) is 0 Å². The largest absolute Gasteiger partial charge is 0.464 e. The highest BCUT2D eigenvalue weighted by Crippen LogP contribution is 2.12. The van der Waals surface area contributed by atoms with Crippen molar-refractivity contribution < 1.29 is 9.21 Å². The molecule has 4 heteroatoms. The van der Waals surface area contributed by atoms with Gasteiger partial charge in [-0.1, -0.05) is 0 Å². The van der Waals surface area contributed by atoms with Gasteiger partial charge in [0, 0.05) is 16.2 Å². The molecular weight excluding hydrogens is 341 g/mol. The third-order valence-corrected chi connectivity index (χ3v) is 3.35. The summed E-state index contributed by atoms with van der Waals surface area (Å²) in [5.41, 5.74) is 0.696. The van der Waals surface area contributed by atoms with Crippen molar-refractivity contribution in [2.24, 2.45) is 0 Å². The van der Waals surface area contributed by atoms with E-state index in [1.807, 2.05) is 43.3 Å². The maximum Gasteiger partial charge on any atom is 0.254 e. The summed E-state index contributed by atoms with van der Waals surface area (Å²) in [6, 6.07) is 11.3. The van der Waals surface area contributed by atoms with Gasteiger partial charge in [0.05, 0.1) is 6.54 Å². The molecule has 0 unspecified atom stereocenters. The summed E-state index contributed by atoms with van der Waals surface area (Å²) in [4.78, 5) is 13.8. The number of nitrogens with zero attached hydrogens (tertiary/aromatic N) is 1. The fourth-order valence-electron chi connectivity index (χ4n) is 1.69. The molecule has 0 aliphatic carbocycles. The van der Waals surface area contributed by atoms with Gasteiger partial charge in [-0.2, -0.15) is 0 Å². The molecule has 0 aliphatic rings. The van der Waals surface area contributed by atoms with Gasteiger partial charge in [0.15, 0.2) is 0 Å². The standard InChI is InChI=1S/C14H14INO2/c1-10-3-8-13(18-10)9-16(2)14(17)11-4-6-12(15)7-5-11/h3-8H,9H2,1-2H3. The van der Waals surface area contributed by atoms with Crippen LogP contribution in [-0.2, 0) is 6.54 Å². The Balaban J connectivity index is 2.07. The molecule has 0 bridgehead atoms. The quantitative estimate of drug-likeness (QED) is 0.790. The first-order valence-electron chi connectivity index (χ1n) is 5.62. The zero-order valence-corrected chi connectivity index (χ0v) is 12.5. The molecule has 1 amide bonds. The molecule has 0 fully saturated rings. The molecule has 0 spiro atoms. The van der Waals surface area contributed by atoms with Gasteiger partial charge in [0.1, 0.15) is 11.5 Å². The SMILES string of the molecule is Cc1ccc(CN(C)C(=O)c2ccc(I)cc2)o1. The number of benzene rings is 1. The van der Waals surface area contributed by atoms with Crippen molar-refractivity contribution in [1.29, 1.82) is 0 Å². The molecule has 0 N–H and O–H groups in total. The third-order valence-electron chi connectivity index (χ3n) is 2.63. The number of carbonyl (C=O) groups is 1. The van der Waals surface area contributed by atoms with E-state index in [1.165, 1.54) is 0 Å². The molecule has 1 aromatic heterocycles. The van der Waals surface area contributed by atoms with Crippen molar-refractivity contribution in [2.75, 3.05) is 7.05 Å². The fraction of sp³-hybridized carbons (Fsp3) is 0.214. The number of aryl methyl sites for hydroxylation is 1. The summed E-state index contributed by atoms with van der Waals surface area (Å²) in [6.07, 6.45) is 0. The molecule has 18 heavy (non-hydrogen) atoms. The molecule has 0 atom stereocenters. The second-order valence-electron chi connectivity index (χ2n) is 4.18. The van der Waals surface area contributed by atoms with E-state index >= 15 is 0 Å². The Morgan fingerprint density at radius 3 is 2.44 bits per heavy atom. The van der Waals surface area contributed by atoms with E-state index in [4.69, 9.17) is 4.42 Å². The fourth-order valence-corrected chi connectivity index (χ4v) is 2.05. The molecular formula is C14H14INO2. The summed E-state index contributed by atoms with van der Waals surface area (Å²) >= 11 is 2.22. The second-order valence-corrected chi connectivity index (χ2v) is 5.43. The number of furan rings is 1. The van der Waals surface area contributed by atoms with Crippen molar-refractivity contribution in [1.82, 2.24) is 4.90 Å². The molecule has 0 aliphatic heterocycles. The predicted molar refractivity (Wildman–Crippen MR) is 78.4 cm³/mol. The van der Waals surface area contributed by atoms with Crippen LogP contribution in [0, 0.1) is 10.5 Å². The number of halogens is 1. The minimum Gasteiger partial charge on any atom is -0.464 e. The first kappa shape index (κ1) is 13.1. The van der Waals surface area contributed by atoms with E-state index in [0.717, 1.165) is 15.1 Å². The smallest absolute Gasteiger partial charge is 0.254 e. The average molecular weight is 355 g/mol. The maximum atomic E-state index is 12.1. The van der Waals surface area contributed by atoms with Crippen molar-refractivity contribution in [3.05, 3.63) is 57.1 Å². The highest BCUT2D eigenvalue weighted by molar-refractivity contribution is 14.1. The minimum absolute atomic E-state index is 0.000420. The zero-order chi connectivity index (χ0) is 13.1. The van der Waals surface area contributed by atoms with E-state index in [-0.39, 0.29) is 5.91 Å². The van der Waals surface area contributed by atoms with Gasteiger partial charge in [0.25, 0.3) is 5.91 Å². The Morgan fingerprint density at radius 1 is 1.22 bits per heavy atom. The summed E-state index contributed by atoms with van der Waals surface area (Å²) in [6.45, 7) is 2.38. The van der Waals surface area contributed by atoms with Crippen LogP contribution in [0.4, 0.5) is 0 Å². The molecule has 2 rings (SSSR count). The van der Waals surface area contributed by atoms with Gasteiger partial charge in [0.2, 0.25) is 0 Å². The van der Waals surface area contributed by atoms with Crippen LogP contribution in [0.2, 0.25) is 0 Å². The topological polar surface area (TPSA) is 33.5 Å². The maximum absolute atomic E-state index is 12.1. The highest BCUT2D eigenvalue weighted by atomic mass is 127. The lowest BCUT2D eigenvalue weighted by atomic mass is 10.2. The Labute approximate surface area is 120 Å². The Morgan fingerprint density at radius 2 is 1.89 bits per heavy atom. The van der Waals surface area contributed by atoms with Gasteiger partial charge >= 0.3 is 0 Å². The number of hydrogen-bond acceptors (Lipinski definition) is 2. The van der Waals surface area contributed by atoms with Crippen molar-refractivity contribution in [3.8, 4) is 0 Å². The van der Waals surface area contributed by atoms with Crippen LogP contribution in [0.1, 0.15) is 21.9 Å². The molecule has 94 valence electrons. The summed E-state index contributed by atoms with van der Waals surface area (Å²) in [7, 11) is 1.78. The summed E-state index contributed by atoms with van der Waals surface area (Å²) in [5, 5.41) is 0. The Hall–Kier alpha value is -1.30. The summed E-state index contributed by atoms with van der Waals surface area (Å²) < 4.78 is 6.58. The normalized spacial score (nSPS) is 10.4. The second kappa shape index (κ2) is 5.56. The molecule has 1 heterocycles. The Bertz CT molecular complexity index is 545. The minimum atomic E-state index is 0.000420. The molecule has 2 aromatic rings. The van der Waals surface area contributed by atoms with E-state index in [9.17, 15) is 4.79 Å². The van der Waals surface area contributed by atoms with Crippen LogP contribution in [0.3, 0.4) is 0 Å². The predicted octanol–water partition coefficient (Wildman–Crippen LogP) is 3.46. The first-order chi connectivity index (χ1) is 8.56. The van der Waals surface area contributed by atoms with Gasteiger partial charge < -0.3 is 9.32 Å². The lowest BCUT2D eigenvalue weighted by Crippen LogP contribution is -2.25. The lowest BCUT2D eigenvalue weighted by Gasteiger charge is -2.15. The van der Waals surface area contributed by atoms with Gasteiger partial charge in [-0.05, 0) is 65.9 Å². The van der Waals surface area contributed by atoms with Gasteiger partial charge in [-0.3, -0.25) is 4.79 Å². The number of hydrogen-bond donors (Lipinski definition) is 0. The van der Waals surface area contributed by atoms with E-state index in [2.05, 4.69) is 22.6 Å².